The van der Waals surface area contributed by atoms with Crippen LogP contribution in [0.2, 0.25) is 0 Å². The highest BCUT2D eigenvalue weighted by Gasteiger charge is 2.15. The predicted octanol–water partition coefficient (Wildman–Crippen LogP) is 3.91. The fraction of sp³-hybridized carbons (Fsp3) is 0.913. The van der Waals surface area contributed by atoms with Gasteiger partial charge >= 0.3 is 10.4 Å². The monoisotopic (exact) mass is 514 g/mol. The summed E-state index contributed by atoms with van der Waals surface area (Å²) < 4.78 is 67.4. The van der Waals surface area contributed by atoms with Gasteiger partial charge in [0.15, 0.2) is 6.29 Å². The molecule has 1 N–H and O–H groups in total. The third kappa shape index (κ3) is 27.5. The molecule has 11 heteroatoms. The van der Waals surface area contributed by atoms with E-state index in [4.69, 9.17) is 33.0 Å². The van der Waals surface area contributed by atoms with E-state index in [1.807, 2.05) is 0 Å². The third-order valence-electron chi connectivity index (χ3n) is 4.43. The molecular formula is C23H46O10S. The van der Waals surface area contributed by atoms with Gasteiger partial charge in [-0.1, -0.05) is 52.4 Å². The zero-order valence-corrected chi connectivity index (χ0v) is 21.8. The van der Waals surface area contributed by atoms with Crippen molar-refractivity contribution in [2.45, 2.75) is 71.5 Å². The molecule has 1 atom stereocenters. The van der Waals surface area contributed by atoms with Gasteiger partial charge in [0.1, 0.15) is 6.61 Å². The molecule has 0 aliphatic rings. The van der Waals surface area contributed by atoms with E-state index in [0.717, 1.165) is 19.4 Å². The van der Waals surface area contributed by atoms with Crippen LogP contribution in [-0.4, -0.2) is 85.3 Å². The van der Waals surface area contributed by atoms with Crippen molar-refractivity contribution in [1.82, 2.24) is 0 Å². The summed E-state index contributed by atoms with van der Waals surface area (Å²) in [6, 6.07) is 0. The molecule has 0 aliphatic heterocycles. The Morgan fingerprint density at radius 2 is 1.12 bits per heavy atom. The second-order valence-electron chi connectivity index (χ2n) is 7.53. The fourth-order valence-corrected chi connectivity index (χ4v) is 3.02. The largest absolute Gasteiger partial charge is 0.499 e. The van der Waals surface area contributed by atoms with Crippen molar-refractivity contribution in [1.29, 1.82) is 0 Å². The summed E-state index contributed by atoms with van der Waals surface area (Å²) in [7, 11) is -4.69. The summed E-state index contributed by atoms with van der Waals surface area (Å²) in [5, 5.41) is 0. The van der Waals surface area contributed by atoms with E-state index in [1.165, 1.54) is 50.9 Å². The first kappa shape index (κ1) is 33.2. The molecule has 0 saturated heterocycles. The Bertz CT molecular complexity index is 542. The lowest BCUT2D eigenvalue weighted by Crippen LogP contribution is -2.21. The van der Waals surface area contributed by atoms with Gasteiger partial charge in [-0.3, -0.25) is 4.55 Å². The number of hydrogen-bond acceptors (Lipinski definition) is 9. The minimum atomic E-state index is -4.69. The molecule has 0 fully saturated rings. The Balaban J connectivity index is 3.77. The average molecular weight is 515 g/mol. The minimum absolute atomic E-state index is 0.0581. The highest BCUT2D eigenvalue weighted by atomic mass is 32.3. The van der Waals surface area contributed by atoms with Crippen LogP contribution in [0, 0.1) is 0 Å². The molecule has 34 heavy (non-hydrogen) atoms. The zero-order chi connectivity index (χ0) is 25.2. The van der Waals surface area contributed by atoms with Crippen LogP contribution in [0.4, 0.5) is 0 Å². The molecular weight excluding hydrogens is 468 g/mol. The molecule has 0 aliphatic carbocycles. The maximum absolute atomic E-state index is 11.0. The van der Waals surface area contributed by atoms with Crippen molar-refractivity contribution >= 4 is 10.4 Å². The van der Waals surface area contributed by atoms with Gasteiger partial charge < -0.3 is 28.4 Å². The van der Waals surface area contributed by atoms with Crippen LogP contribution in [0.15, 0.2) is 12.3 Å². The van der Waals surface area contributed by atoms with Crippen molar-refractivity contribution in [2.75, 3.05) is 66.1 Å². The van der Waals surface area contributed by atoms with Gasteiger partial charge in [0.2, 0.25) is 0 Å². The topological polar surface area (TPSA) is 119 Å². The van der Waals surface area contributed by atoms with Crippen molar-refractivity contribution in [3.63, 3.8) is 0 Å². The number of hydrogen-bond donors (Lipinski definition) is 1. The normalized spacial score (nSPS) is 13.0. The summed E-state index contributed by atoms with van der Waals surface area (Å²) in [5.41, 5.74) is 0. The van der Waals surface area contributed by atoms with Crippen molar-refractivity contribution in [2.24, 2.45) is 0 Å². The van der Waals surface area contributed by atoms with Gasteiger partial charge in [-0.2, -0.15) is 8.42 Å². The number of rotatable bonds is 27. The SMILES string of the molecule is CCCCCCOCCOCCO/C=C/C(OCCOCCOCCCCCC)OS(=O)(=O)O. The number of ether oxygens (including phenoxy) is 6. The Kier molecular flexibility index (Phi) is 24.7. The maximum atomic E-state index is 11.0. The van der Waals surface area contributed by atoms with Gasteiger partial charge in [0.05, 0.1) is 52.5 Å². The van der Waals surface area contributed by atoms with Gasteiger partial charge in [0.25, 0.3) is 0 Å². The van der Waals surface area contributed by atoms with E-state index in [-0.39, 0.29) is 19.8 Å². The van der Waals surface area contributed by atoms with Crippen LogP contribution in [0.3, 0.4) is 0 Å². The standard InChI is InChI=1S/C23H46O10S/c1-3-5-7-9-12-27-15-18-30-20-17-29-14-11-23(33-34(24,25)26)32-22-21-31-19-16-28-13-10-8-6-4-2/h11,14,23H,3-10,12-13,15-22H2,1-2H3,(H,24,25,26)/b14-11+. The lowest BCUT2D eigenvalue weighted by molar-refractivity contribution is -0.0716. The van der Waals surface area contributed by atoms with Crippen LogP contribution in [0.1, 0.15) is 65.2 Å². The zero-order valence-electron chi connectivity index (χ0n) is 21.0. The Hall–Kier alpha value is -0.790. The molecule has 0 saturated carbocycles. The molecule has 0 bridgehead atoms. The third-order valence-corrected chi connectivity index (χ3v) is 4.87. The molecule has 0 heterocycles. The van der Waals surface area contributed by atoms with E-state index in [2.05, 4.69) is 18.0 Å². The highest BCUT2D eigenvalue weighted by Crippen LogP contribution is 2.03. The smallest absolute Gasteiger partial charge is 0.400 e. The van der Waals surface area contributed by atoms with Gasteiger partial charge in [-0.25, -0.2) is 4.18 Å². The molecule has 1 unspecified atom stereocenters. The number of unbranched alkanes of at least 4 members (excludes halogenated alkanes) is 6. The Morgan fingerprint density at radius 1 is 0.647 bits per heavy atom. The van der Waals surface area contributed by atoms with E-state index in [9.17, 15) is 8.42 Å². The van der Waals surface area contributed by atoms with Crippen molar-refractivity contribution < 1.29 is 45.6 Å². The first-order valence-corrected chi connectivity index (χ1v) is 13.7. The van der Waals surface area contributed by atoms with Crippen LogP contribution in [0.5, 0.6) is 0 Å². The van der Waals surface area contributed by atoms with E-state index in [1.54, 1.807) is 0 Å². The molecule has 10 nitrogen and oxygen atoms in total. The summed E-state index contributed by atoms with van der Waals surface area (Å²) in [5.74, 6) is 0. The molecule has 0 rings (SSSR count). The van der Waals surface area contributed by atoms with Crippen LogP contribution in [0.25, 0.3) is 0 Å². The van der Waals surface area contributed by atoms with Crippen LogP contribution in [-0.2, 0) is 43.0 Å². The van der Waals surface area contributed by atoms with Gasteiger partial charge in [-0.05, 0) is 12.8 Å². The Morgan fingerprint density at radius 3 is 1.62 bits per heavy atom. The van der Waals surface area contributed by atoms with E-state index in [0.29, 0.717) is 39.6 Å². The first-order chi connectivity index (χ1) is 16.5. The molecule has 0 spiro atoms. The molecule has 0 radical (unpaired) electrons. The fourth-order valence-electron chi connectivity index (χ4n) is 2.66. The summed E-state index contributed by atoms with van der Waals surface area (Å²) in [6.45, 7) is 8.58. The van der Waals surface area contributed by atoms with E-state index >= 15 is 0 Å². The molecule has 204 valence electrons. The summed E-state index contributed by atoms with van der Waals surface area (Å²) in [4.78, 5) is 0. The predicted molar refractivity (Wildman–Crippen MR) is 129 cm³/mol. The summed E-state index contributed by atoms with van der Waals surface area (Å²) >= 11 is 0. The van der Waals surface area contributed by atoms with Gasteiger partial charge in [0, 0.05) is 19.3 Å². The lowest BCUT2D eigenvalue weighted by Gasteiger charge is -2.13. The molecule has 0 aromatic rings. The molecule has 0 aromatic heterocycles. The lowest BCUT2D eigenvalue weighted by atomic mass is 10.2. The first-order valence-electron chi connectivity index (χ1n) is 12.4. The highest BCUT2D eigenvalue weighted by molar-refractivity contribution is 7.80. The quantitative estimate of drug-likeness (QED) is 0.0748. The van der Waals surface area contributed by atoms with Crippen LogP contribution >= 0.6 is 0 Å². The van der Waals surface area contributed by atoms with E-state index < -0.39 is 16.7 Å². The van der Waals surface area contributed by atoms with Crippen LogP contribution < -0.4 is 0 Å². The second-order valence-corrected chi connectivity index (χ2v) is 8.58. The Labute approximate surface area is 206 Å². The maximum Gasteiger partial charge on any atom is 0.400 e. The average Bonchev–Trinajstić information content (AvgIpc) is 2.79. The molecule has 0 amide bonds. The van der Waals surface area contributed by atoms with Gasteiger partial charge in [-0.15, -0.1) is 0 Å². The van der Waals surface area contributed by atoms with Crippen molar-refractivity contribution in [3.05, 3.63) is 12.3 Å². The second kappa shape index (κ2) is 25.3. The van der Waals surface area contributed by atoms with Crippen molar-refractivity contribution in [3.8, 4) is 0 Å². The summed E-state index contributed by atoms with van der Waals surface area (Å²) in [6.07, 6.45) is 10.4. The minimum Gasteiger partial charge on any atom is -0.499 e. The molecule has 0 aromatic carbocycles.